The summed E-state index contributed by atoms with van der Waals surface area (Å²) in [5, 5.41) is 54.3. The fourth-order valence-corrected chi connectivity index (χ4v) is 5.44. The van der Waals surface area contributed by atoms with Gasteiger partial charge in [-0.3, -0.25) is 0 Å². The molecule has 37 heavy (non-hydrogen) atoms. The van der Waals surface area contributed by atoms with Crippen LogP contribution in [-0.2, 0) is 9.53 Å². The maximum atomic E-state index is 11.6. The van der Waals surface area contributed by atoms with Crippen molar-refractivity contribution in [2.24, 2.45) is 0 Å². The number of nitrogens with one attached hydrogen (secondary N) is 1. The highest BCUT2D eigenvalue weighted by Crippen LogP contribution is 2.60. The van der Waals surface area contributed by atoms with Crippen LogP contribution in [0, 0.1) is 0 Å². The number of rotatable bonds is 3. The van der Waals surface area contributed by atoms with Crippen LogP contribution in [0.4, 0.5) is 5.69 Å². The third kappa shape index (κ3) is 3.25. The van der Waals surface area contributed by atoms with Crippen molar-refractivity contribution in [2.45, 2.75) is 48.5 Å². The summed E-state index contributed by atoms with van der Waals surface area (Å²) in [6.07, 6.45) is -9.25. The van der Waals surface area contributed by atoms with Gasteiger partial charge < -0.3 is 59.3 Å². The van der Waals surface area contributed by atoms with Gasteiger partial charge in [-0.2, -0.15) is 0 Å². The zero-order chi connectivity index (χ0) is 26.2. The van der Waals surface area contributed by atoms with Gasteiger partial charge in [-0.15, -0.1) is 0 Å². The number of ether oxygens (including phenoxy) is 6. The summed E-state index contributed by atoms with van der Waals surface area (Å²) in [7, 11) is 3.00. The van der Waals surface area contributed by atoms with Crippen molar-refractivity contribution in [1.82, 2.24) is 0 Å². The van der Waals surface area contributed by atoms with Crippen LogP contribution in [-0.4, -0.2) is 88.8 Å². The van der Waals surface area contributed by atoms with Gasteiger partial charge in [-0.25, -0.2) is 4.79 Å². The van der Waals surface area contributed by atoms with Gasteiger partial charge in [-0.1, -0.05) is 6.07 Å². The first-order valence-electron chi connectivity index (χ1n) is 11.5. The summed E-state index contributed by atoms with van der Waals surface area (Å²) >= 11 is 0. The van der Waals surface area contributed by atoms with E-state index in [-0.39, 0.29) is 18.0 Å². The van der Waals surface area contributed by atoms with E-state index in [1.165, 1.54) is 14.2 Å². The molecule has 6 N–H and O–H groups in total. The highest BCUT2D eigenvalue weighted by Gasteiger charge is 2.59. The fourth-order valence-electron chi connectivity index (χ4n) is 5.44. The van der Waals surface area contributed by atoms with Crippen molar-refractivity contribution in [3.63, 3.8) is 0 Å². The number of benzene rings is 2. The summed E-state index contributed by atoms with van der Waals surface area (Å²) < 4.78 is 34.4. The number of carboxylic acid groups (broad SMARTS) is 1. The molecule has 0 amide bonds. The van der Waals surface area contributed by atoms with Crippen LogP contribution in [0.1, 0.15) is 23.1 Å². The summed E-state index contributed by atoms with van der Waals surface area (Å²) in [6, 6.07) is 6.71. The summed E-state index contributed by atoms with van der Waals surface area (Å²) in [4.78, 5) is 11.6. The normalized spacial score (nSPS) is 34.9. The Labute approximate surface area is 209 Å². The molecule has 0 radical (unpaired) electrons. The van der Waals surface area contributed by atoms with E-state index in [0.29, 0.717) is 34.1 Å². The maximum absolute atomic E-state index is 11.6. The molecule has 13 nitrogen and oxygen atoms in total. The highest BCUT2D eigenvalue weighted by molar-refractivity contribution is 5.75. The molecule has 1 fully saturated rings. The molecule has 0 bridgehead atoms. The quantitative estimate of drug-likeness (QED) is 0.311. The summed E-state index contributed by atoms with van der Waals surface area (Å²) in [5.74, 6) is -2.46. The lowest BCUT2D eigenvalue weighted by Crippen LogP contribution is -2.71. The van der Waals surface area contributed by atoms with Gasteiger partial charge in [0.25, 0.3) is 5.79 Å². The predicted molar refractivity (Wildman–Crippen MR) is 121 cm³/mol. The first-order chi connectivity index (χ1) is 17.7. The Bertz CT molecular complexity index is 1270. The van der Waals surface area contributed by atoms with E-state index in [1.807, 2.05) is 0 Å². The predicted octanol–water partition coefficient (Wildman–Crippen LogP) is -0.301. The molecule has 198 valence electrons. The third-order valence-corrected chi connectivity index (χ3v) is 7.26. The van der Waals surface area contributed by atoms with Crippen LogP contribution in [0.2, 0.25) is 0 Å². The molecular formula is C24H25NO12. The van der Waals surface area contributed by atoms with Gasteiger partial charge in [-0.05, 0) is 18.2 Å². The number of hydrogen-bond acceptors (Lipinski definition) is 12. The number of aliphatic carboxylic acids is 1. The summed E-state index contributed by atoms with van der Waals surface area (Å²) in [5.41, 5.74) is 1.60. The van der Waals surface area contributed by atoms with Gasteiger partial charge in [0, 0.05) is 11.1 Å². The molecule has 4 aliphatic heterocycles. The van der Waals surface area contributed by atoms with E-state index in [0.717, 1.165) is 0 Å². The smallest absolute Gasteiger partial charge is 0.335 e. The molecule has 4 heterocycles. The Morgan fingerprint density at radius 1 is 1.00 bits per heavy atom. The van der Waals surface area contributed by atoms with Crippen molar-refractivity contribution in [1.29, 1.82) is 0 Å². The SMILES string of the molecule is COc1ccc2c(c1OC)O[C@H]1c3ccc4c(c3O[C@@H](O)[C@@H]21)NC[C@@]1(O4)O[C@H](C(=O)O)[C@@H](O)[C@H](O)[C@H]1O. The number of methoxy groups -OCH3 is 2. The van der Waals surface area contributed by atoms with Crippen LogP contribution in [0.25, 0.3) is 0 Å². The molecule has 2 aromatic carbocycles. The van der Waals surface area contributed by atoms with Crippen molar-refractivity contribution < 1.29 is 58.7 Å². The molecule has 0 aliphatic carbocycles. The Balaban J connectivity index is 1.36. The monoisotopic (exact) mass is 519 g/mol. The molecule has 2 aromatic rings. The van der Waals surface area contributed by atoms with E-state index in [9.17, 15) is 30.3 Å². The Hall–Kier alpha value is -3.49. The first kappa shape index (κ1) is 23.9. The number of carboxylic acids is 1. The van der Waals surface area contributed by atoms with E-state index in [4.69, 9.17) is 28.4 Å². The van der Waals surface area contributed by atoms with Gasteiger partial charge in [0.05, 0.1) is 26.7 Å². The molecule has 6 rings (SSSR count). The molecule has 4 aliphatic rings. The minimum Gasteiger partial charge on any atom is -0.493 e. The van der Waals surface area contributed by atoms with Gasteiger partial charge in [0.1, 0.15) is 35.9 Å². The molecule has 13 heteroatoms. The molecule has 0 saturated carbocycles. The Morgan fingerprint density at radius 3 is 2.46 bits per heavy atom. The lowest BCUT2D eigenvalue weighted by atomic mass is 9.87. The van der Waals surface area contributed by atoms with E-state index < -0.39 is 54.5 Å². The van der Waals surface area contributed by atoms with E-state index >= 15 is 0 Å². The summed E-state index contributed by atoms with van der Waals surface area (Å²) in [6.45, 7) is -0.301. The Kier molecular flexibility index (Phi) is 5.33. The molecular weight excluding hydrogens is 494 g/mol. The highest BCUT2D eigenvalue weighted by atomic mass is 16.7. The lowest BCUT2D eigenvalue weighted by Gasteiger charge is -2.49. The number of aliphatic hydroxyl groups excluding tert-OH is 4. The van der Waals surface area contributed by atoms with Crippen LogP contribution in [0.15, 0.2) is 24.3 Å². The molecule has 1 saturated heterocycles. The fraction of sp³-hybridized carbons (Fsp3) is 0.458. The minimum atomic E-state index is -2.01. The zero-order valence-corrected chi connectivity index (χ0v) is 19.7. The van der Waals surface area contributed by atoms with Crippen LogP contribution >= 0.6 is 0 Å². The number of anilines is 1. The molecule has 0 unspecified atom stereocenters. The van der Waals surface area contributed by atoms with Gasteiger partial charge >= 0.3 is 5.97 Å². The number of carbonyl (C=O) groups is 1. The van der Waals surface area contributed by atoms with Crippen molar-refractivity contribution in [3.8, 4) is 28.7 Å². The number of aliphatic hydroxyl groups is 4. The second kappa shape index (κ2) is 8.26. The van der Waals surface area contributed by atoms with Gasteiger partial charge in [0.15, 0.2) is 23.4 Å². The largest absolute Gasteiger partial charge is 0.493 e. The lowest BCUT2D eigenvalue weighted by molar-refractivity contribution is -0.325. The van der Waals surface area contributed by atoms with Crippen molar-refractivity contribution >= 4 is 11.7 Å². The van der Waals surface area contributed by atoms with E-state index in [1.54, 1.807) is 24.3 Å². The Morgan fingerprint density at radius 2 is 1.76 bits per heavy atom. The third-order valence-electron chi connectivity index (χ3n) is 7.26. The average Bonchev–Trinajstić information content (AvgIpc) is 3.29. The number of fused-ring (bicyclic) bond motifs is 7. The minimum absolute atomic E-state index is 0.109. The molecule has 0 aromatic heterocycles. The molecule has 8 atom stereocenters. The van der Waals surface area contributed by atoms with E-state index in [2.05, 4.69) is 5.32 Å². The molecule has 1 spiro atoms. The second-order valence-electron chi connectivity index (χ2n) is 9.22. The van der Waals surface area contributed by atoms with Crippen molar-refractivity contribution in [2.75, 3.05) is 26.1 Å². The van der Waals surface area contributed by atoms with Crippen LogP contribution < -0.4 is 29.0 Å². The first-order valence-corrected chi connectivity index (χ1v) is 11.5. The van der Waals surface area contributed by atoms with Crippen LogP contribution in [0.5, 0.6) is 28.7 Å². The standard InChI is InChI=1S/C24H25NO12/c1-32-11-6-3-8-12-16(34-18(8)19(11)33-2)9-4-5-10-13(17(9)35-23(12)31)25-7-24(36-10)21(28)15(27)14(26)20(37-24)22(29)30/h3-6,12,14-16,20-21,23,25-28,31H,7H2,1-2H3,(H,29,30)/t12-,14-,15-,16-,20-,21+,23+,24+/m0/s1. The van der Waals surface area contributed by atoms with Gasteiger partial charge in [0.2, 0.25) is 12.0 Å². The zero-order valence-electron chi connectivity index (χ0n) is 19.7. The maximum Gasteiger partial charge on any atom is 0.335 e. The van der Waals surface area contributed by atoms with Crippen LogP contribution in [0.3, 0.4) is 0 Å². The van der Waals surface area contributed by atoms with Crippen molar-refractivity contribution in [3.05, 3.63) is 35.4 Å². The topological polar surface area (TPSA) is 186 Å². The number of hydrogen-bond donors (Lipinski definition) is 6. The second-order valence-corrected chi connectivity index (χ2v) is 9.22. The average molecular weight is 519 g/mol.